The van der Waals surface area contributed by atoms with Crippen LogP contribution in [0.2, 0.25) is 5.15 Å². The van der Waals surface area contributed by atoms with Gasteiger partial charge < -0.3 is 10.1 Å². The Bertz CT molecular complexity index is 621. The zero-order chi connectivity index (χ0) is 16.8. The molecule has 1 aromatic heterocycles. The van der Waals surface area contributed by atoms with Crippen LogP contribution in [-0.4, -0.2) is 58.4 Å². The van der Waals surface area contributed by atoms with Gasteiger partial charge in [-0.2, -0.15) is 0 Å². The van der Waals surface area contributed by atoms with Crippen LogP contribution >= 0.6 is 23.4 Å². The number of pyridine rings is 1. The number of amides is 3. The van der Waals surface area contributed by atoms with Gasteiger partial charge in [-0.1, -0.05) is 23.4 Å². The van der Waals surface area contributed by atoms with Crippen molar-refractivity contribution in [1.29, 1.82) is 0 Å². The molecule has 3 amide bonds. The molecule has 1 aliphatic heterocycles. The van der Waals surface area contributed by atoms with Gasteiger partial charge in [-0.3, -0.25) is 19.3 Å². The van der Waals surface area contributed by atoms with Gasteiger partial charge in [-0.05, 0) is 12.1 Å². The lowest BCUT2D eigenvalue weighted by molar-refractivity contribution is -0.126. The van der Waals surface area contributed by atoms with E-state index in [0.717, 1.165) is 16.7 Å². The van der Waals surface area contributed by atoms with Crippen molar-refractivity contribution in [2.45, 2.75) is 0 Å². The minimum absolute atomic E-state index is 0.0887. The van der Waals surface area contributed by atoms with E-state index in [0.29, 0.717) is 0 Å². The maximum Gasteiger partial charge on any atom is 0.340 e. The highest BCUT2D eigenvalue weighted by Gasteiger charge is 2.29. The number of rotatable bonds is 6. The van der Waals surface area contributed by atoms with E-state index in [1.54, 1.807) is 0 Å². The first-order valence-corrected chi connectivity index (χ1v) is 7.86. The third-order valence-corrected chi connectivity index (χ3v) is 3.88. The number of thioether (sulfide) groups is 1. The number of carbonyl (C=O) groups is 4. The maximum atomic E-state index is 11.6. The van der Waals surface area contributed by atoms with Gasteiger partial charge in [0, 0.05) is 19.3 Å². The van der Waals surface area contributed by atoms with Gasteiger partial charge in [-0.15, -0.1) is 0 Å². The minimum Gasteiger partial charge on any atom is -0.452 e. The largest absolute Gasteiger partial charge is 0.452 e. The zero-order valence-electron chi connectivity index (χ0n) is 11.8. The standard InChI is InChI=1S/C13H12ClN3O5S/c14-9-2-1-8(5-16-9)12(20)22-6-10(18)15-3-4-17-11(19)7-23-13(17)21/h1-2,5H,3-4,6-7H2,(H,15,18). The summed E-state index contributed by atoms with van der Waals surface area (Å²) in [5, 5.41) is 2.37. The molecule has 0 atom stereocenters. The van der Waals surface area contributed by atoms with E-state index in [4.69, 9.17) is 16.3 Å². The normalized spacial score (nSPS) is 14.0. The van der Waals surface area contributed by atoms with Crippen LogP contribution in [0.4, 0.5) is 4.79 Å². The predicted octanol–water partition coefficient (Wildman–Crippen LogP) is 0.703. The Labute approximate surface area is 140 Å². The Hall–Kier alpha value is -2.13. The van der Waals surface area contributed by atoms with Crippen LogP contribution in [0.3, 0.4) is 0 Å². The monoisotopic (exact) mass is 357 g/mol. The van der Waals surface area contributed by atoms with E-state index in [-0.39, 0.29) is 40.7 Å². The summed E-state index contributed by atoms with van der Waals surface area (Å²) in [6.45, 7) is -0.291. The Morgan fingerprint density at radius 1 is 1.39 bits per heavy atom. The summed E-state index contributed by atoms with van der Waals surface area (Å²) in [7, 11) is 0. The van der Waals surface area contributed by atoms with Crippen molar-refractivity contribution in [1.82, 2.24) is 15.2 Å². The second-order valence-electron chi connectivity index (χ2n) is 4.40. The molecule has 0 aromatic carbocycles. The second kappa shape index (κ2) is 7.93. The number of aromatic nitrogens is 1. The Morgan fingerprint density at radius 2 is 2.17 bits per heavy atom. The first kappa shape index (κ1) is 17.2. The molecule has 23 heavy (non-hydrogen) atoms. The lowest BCUT2D eigenvalue weighted by Crippen LogP contribution is -2.38. The highest BCUT2D eigenvalue weighted by atomic mass is 35.5. The molecule has 1 fully saturated rings. The van der Waals surface area contributed by atoms with Crippen molar-refractivity contribution in [3.8, 4) is 0 Å². The number of carbonyl (C=O) groups excluding carboxylic acids is 4. The van der Waals surface area contributed by atoms with Gasteiger partial charge >= 0.3 is 5.97 Å². The van der Waals surface area contributed by atoms with Crippen molar-refractivity contribution >= 4 is 46.4 Å². The molecule has 1 N–H and O–H groups in total. The topological polar surface area (TPSA) is 106 Å². The molecule has 0 unspecified atom stereocenters. The summed E-state index contributed by atoms with van der Waals surface area (Å²) in [5.74, 6) is -1.40. The lowest BCUT2D eigenvalue weighted by Gasteiger charge is -2.13. The van der Waals surface area contributed by atoms with E-state index in [2.05, 4.69) is 10.3 Å². The lowest BCUT2D eigenvalue weighted by atomic mass is 10.3. The van der Waals surface area contributed by atoms with Crippen LogP contribution < -0.4 is 5.32 Å². The van der Waals surface area contributed by atoms with Crippen LogP contribution in [0, 0.1) is 0 Å². The average Bonchev–Trinajstić information content (AvgIpc) is 2.85. The van der Waals surface area contributed by atoms with Gasteiger partial charge in [0.2, 0.25) is 5.91 Å². The molecule has 10 heteroatoms. The summed E-state index contributed by atoms with van der Waals surface area (Å²) in [6.07, 6.45) is 1.24. The van der Waals surface area contributed by atoms with Gasteiger partial charge in [0.25, 0.3) is 11.1 Å². The predicted molar refractivity (Wildman–Crippen MR) is 82.1 cm³/mol. The molecule has 0 saturated carbocycles. The maximum absolute atomic E-state index is 11.6. The quantitative estimate of drug-likeness (QED) is 0.590. The van der Waals surface area contributed by atoms with E-state index in [9.17, 15) is 19.2 Å². The number of nitrogens with zero attached hydrogens (tertiary/aromatic N) is 2. The molecule has 1 saturated heterocycles. The molecule has 122 valence electrons. The molecule has 0 radical (unpaired) electrons. The number of ether oxygens (including phenoxy) is 1. The molecule has 1 aliphatic rings. The van der Waals surface area contributed by atoms with Crippen molar-refractivity contribution in [3.05, 3.63) is 29.0 Å². The van der Waals surface area contributed by atoms with Gasteiger partial charge in [0.05, 0.1) is 11.3 Å². The van der Waals surface area contributed by atoms with E-state index >= 15 is 0 Å². The van der Waals surface area contributed by atoms with Crippen LogP contribution in [0.15, 0.2) is 18.3 Å². The number of imide groups is 1. The van der Waals surface area contributed by atoms with E-state index < -0.39 is 18.5 Å². The second-order valence-corrected chi connectivity index (χ2v) is 5.71. The molecule has 0 spiro atoms. The first-order chi connectivity index (χ1) is 11.0. The van der Waals surface area contributed by atoms with Crippen LogP contribution in [0.25, 0.3) is 0 Å². The number of esters is 1. The molecule has 1 aromatic rings. The molecular formula is C13H12ClN3O5S. The first-order valence-electron chi connectivity index (χ1n) is 6.50. The third kappa shape index (κ3) is 4.93. The van der Waals surface area contributed by atoms with Crippen molar-refractivity contribution < 1.29 is 23.9 Å². The third-order valence-electron chi connectivity index (χ3n) is 2.80. The zero-order valence-corrected chi connectivity index (χ0v) is 13.4. The summed E-state index contributed by atoms with van der Waals surface area (Å²) in [5.41, 5.74) is 0.174. The number of nitrogens with one attached hydrogen (secondary N) is 1. The van der Waals surface area contributed by atoms with Crippen molar-refractivity contribution in [2.24, 2.45) is 0 Å². The molecular weight excluding hydrogens is 346 g/mol. The Balaban J connectivity index is 1.69. The summed E-state index contributed by atoms with van der Waals surface area (Å²) in [4.78, 5) is 50.7. The summed E-state index contributed by atoms with van der Waals surface area (Å²) >= 11 is 6.52. The Morgan fingerprint density at radius 3 is 2.78 bits per heavy atom. The van der Waals surface area contributed by atoms with Gasteiger partial charge in [0.1, 0.15) is 5.15 Å². The fourth-order valence-corrected chi connectivity index (χ4v) is 2.53. The highest BCUT2D eigenvalue weighted by molar-refractivity contribution is 8.14. The smallest absolute Gasteiger partial charge is 0.340 e. The van der Waals surface area contributed by atoms with E-state index in [1.807, 2.05) is 0 Å². The fourth-order valence-electron chi connectivity index (χ4n) is 1.67. The van der Waals surface area contributed by atoms with Crippen LogP contribution in [-0.2, 0) is 14.3 Å². The molecule has 8 nitrogen and oxygen atoms in total. The van der Waals surface area contributed by atoms with Crippen LogP contribution in [0.1, 0.15) is 10.4 Å². The fraction of sp³-hybridized carbons (Fsp3) is 0.308. The number of hydrogen-bond acceptors (Lipinski definition) is 7. The van der Waals surface area contributed by atoms with Gasteiger partial charge in [-0.25, -0.2) is 9.78 Å². The summed E-state index contributed by atoms with van der Waals surface area (Å²) < 4.78 is 4.81. The molecule has 0 aliphatic carbocycles. The number of halogens is 1. The number of hydrogen-bond donors (Lipinski definition) is 1. The SMILES string of the molecule is O=C(COC(=O)c1ccc(Cl)nc1)NCCN1C(=O)CSC1=O. The van der Waals surface area contributed by atoms with Gasteiger partial charge in [0.15, 0.2) is 6.61 Å². The molecule has 0 bridgehead atoms. The van der Waals surface area contributed by atoms with E-state index in [1.165, 1.54) is 18.3 Å². The molecule has 2 rings (SSSR count). The molecule has 2 heterocycles. The average molecular weight is 358 g/mol. The highest BCUT2D eigenvalue weighted by Crippen LogP contribution is 2.17. The summed E-state index contributed by atoms with van der Waals surface area (Å²) in [6, 6.07) is 2.86. The Kier molecular flexibility index (Phi) is 5.94. The van der Waals surface area contributed by atoms with Crippen LogP contribution in [0.5, 0.6) is 0 Å². The minimum atomic E-state index is -0.703. The van der Waals surface area contributed by atoms with Crippen molar-refractivity contribution in [3.63, 3.8) is 0 Å². The van der Waals surface area contributed by atoms with Crippen molar-refractivity contribution in [2.75, 3.05) is 25.4 Å².